The maximum atomic E-state index is 12.3. The summed E-state index contributed by atoms with van der Waals surface area (Å²) in [5.41, 5.74) is 5.29. The molecule has 0 aromatic heterocycles. The fraction of sp³-hybridized carbons (Fsp3) is 0.471. The quantitative estimate of drug-likeness (QED) is 0.343. The molecule has 3 saturated heterocycles. The van der Waals surface area contributed by atoms with E-state index >= 15 is 0 Å². The molecule has 1 aromatic carbocycles. The number of nitrogens with two attached hydrogens (primary N) is 1. The van der Waals surface area contributed by atoms with E-state index in [1.807, 2.05) is 0 Å². The van der Waals surface area contributed by atoms with Crippen molar-refractivity contribution in [1.82, 2.24) is 10.2 Å². The summed E-state index contributed by atoms with van der Waals surface area (Å²) in [6, 6.07) is 3.17. The standard InChI is InChI=1S/C16H19F3N4O2.CH2O2/c17-16(18,19)25-10-1-2-11(12(20)7-10)14(21)15(24)22-13-8-23-5-3-9(13)4-6-23;2-1-3/h1-2,7,9,13,21H,3-6,8,20H2,(H,22,24);1H,(H,2,3)/t13-;/m1./s1. The van der Waals surface area contributed by atoms with Crippen LogP contribution < -0.4 is 15.8 Å². The lowest BCUT2D eigenvalue weighted by Crippen LogP contribution is -2.58. The van der Waals surface area contributed by atoms with E-state index in [0.717, 1.165) is 44.6 Å². The Kier molecular flexibility index (Phi) is 6.84. The fourth-order valence-electron chi connectivity index (χ4n) is 3.46. The summed E-state index contributed by atoms with van der Waals surface area (Å²) in [5.74, 6) is -0.657. The van der Waals surface area contributed by atoms with Gasteiger partial charge in [-0.1, -0.05) is 0 Å². The van der Waals surface area contributed by atoms with Crippen molar-refractivity contribution in [3.05, 3.63) is 23.8 Å². The van der Waals surface area contributed by atoms with E-state index in [1.54, 1.807) is 0 Å². The number of amides is 1. The summed E-state index contributed by atoms with van der Waals surface area (Å²) < 4.78 is 40.4. The number of hydrogen-bond acceptors (Lipinski definition) is 6. The molecule has 1 atom stereocenters. The molecule has 3 fully saturated rings. The van der Waals surface area contributed by atoms with Gasteiger partial charge in [-0.15, -0.1) is 13.2 Å². The normalized spacial score (nSPS) is 23.2. The van der Waals surface area contributed by atoms with Crippen LogP contribution in [0, 0.1) is 11.3 Å². The zero-order chi connectivity index (χ0) is 20.9. The first-order valence-electron chi connectivity index (χ1n) is 8.50. The average Bonchev–Trinajstić information content (AvgIpc) is 2.61. The van der Waals surface area contributed by atoms with Crippen molar-refractivity contribution in [2.45, 2.75) is 25.2 Å². The molecule has 28 heavy (non-hydrogen) atoms. The number of halogens is 3. The number of nitrogens with one attached hydrogen (secondary N) is 2. The van der Waals surface area contributed by atoms with Gasteiger partial charge in [-0.2, -0.15) is 0 Å². The maximum absolute atomic E-state index is 12.3. The van der Waals surface area contributed by atoms with Crippen LogP contribution in [0.3, 0.4) is 0 Å². The highest BCUT2D eigenvalue weighted by Crippen LogP contribution is 2.28. The average molecular weight is 402 g/mol. The topological polar surface area (TPSA) is 129 Å². The first-order chi connectivity index (χ1) is 13.1. The Balaban J connectivity index is 0.000000878. The molecule has 0 aliphatic carbocycles. The smallest absolute Gasteiger partial charge is 0.483 e. The van der Waals surface area contributed by atoms with E-state index in [4.69, 9.17) is 21.0 Å². The molecule has 4 rings (SSSR count). The monoisotopic (exact) mass is 402 g/mol. The number of fused-ring (bicyclic) bond motifs is 3. The Labute approximate surface area is 159 Å². The molecule has 0 unspecified atom stereocenters. The number of piperidine rings is 3. The van der Waals surface area contributed by atoms with Crippen LogP contribution in [0.15, 0.2) is 18.2 Å². The second kappa shape index (κ2) is 8.91. The highest BCUT2D eigenvalue weighted by atomic mass is 19.4. The molecule has 3 aliphatic heterocycles. The van der Waals surface area contributed by atoms with Gasteiger partial charge in [0, 0.05) is 29.9 Å². The zero-order valence-electron chi connectivity index (χ0n) is 14.8. The number of ether oxygens (including phenoxy) is 1. The van der Waals surface area contributed by atoms with E-state index in [-0.39, 0.29) is 29.5 Å². The lowest BCUT2D eigenvalue weighted by atomic mass is 9.84. The zero-order valence-corrected chi connectivity index (χ0v) is 14.8. The summed E-state index contributed by atoms with van der Waals surface area (Å²) in [6.07, 6.45) is -2.79. The molecule has 1 aromatic rings. The lowest BCUT2D eigenvalue weighted by molar-refractivity contribution is -0.274. The summed E-state index contributed by atoms with van der Waals surface area (Å²) in [7, 11) is 0. The molecule has 11 heteroatoms. The summed E-state index contributed by atoms with van der Waals surface area (Å²) in [6.45, 7) is 2.57. The number of nitrogens with zero attached hydrogens (tertiary/aromatic N) is 1. The second-order valence-electron chi connectivity index (χ2n) is 6.50. The van der Waals surface area contributed by atoms with Crippen LogP contribution >= 0.6 is 0 Å². The Morgan fingerprint density at radius 1 is 1.36 bits per heavy atom. The Bertz CT molecular complexity index is 734. The molecule has 0 radical (unpaired) electrons. The van der Waals surface area contributed by atoms with Crippen molar-refractivity contribution < 1.29 is 32.6 Å². The molecule has 0 spiro atoms. The van der Waals surface area contributed by atoms with Crippen LogP contribution in [-0.2, 0) is 9.59 Å². The number of benzene rings is 1. The Morgan fingerprint density at radius 3 is 2.43 bits per heavy atom. The number of carbonyl (C=O) groups excluding carboxylic acids is 1. The number of carbonyl (C=O) groups is 2. The molecule has 3 heterocycles. The summed E-state index contributed by atoms with van der Waals surface area (Å²) >= 11 is 0. The Morgan fingerprint density at radius 2 is 1.96 bits per heavy atom. The van der Waals surface area contributed by atoms with E-state index in [0.29, 0.717) is 5.92 Å². The van der Waals surface area contributed by atoms with Crippen LogP contribution in [-0.4, -0.2) is 60.1 Å². The SMILES string of the molecule is N=C(C(=O)N[C@@H]1CN2CCC1CC2)c1ccc(OC(F)(F)F)cc1N.O=CO. The summed E-state index contributed by atoms with van der Waals surface area (Å²) in [4.78, 5) is 23.0. The third-order valence-electron chi connectivity index (χ3n) is 4.73. The van der Waals surface area contributed by atoms with E-state index in [9.17, 15) is 18.0 Å². The largest absolute Gasteiger partial charge is 0.573 e. The highest BCUT2D eigenvalue weighted by molar-refractivity contribution is 6.45. The highest BCUT2D eigenvalue weighted by Gasteiger charge is 2.35. The van der Waals surface area contributed by atoms with Gasteiger partial charge in [0.25, 0.3) is 12.4 Å². The molecule has 154 valence electrons. The van der Waals surface area contributed by atoms with Gasteiger partial charge in [-0.3, -0.25) is 15.0 Å². The number of alkyl halides is 3. The van der Waals surface area contributed by atoms with Gasteiger partial charge in [-0.05, 0) is 44.0 Å². The van der Waals surface area contributed by atoms with Gasteiger partial charge >= 0.3 is 6.36 Å². The Hall–Kier alpha value is -2.82. The number of anilines is 1. The van der Waals surface area contributed by atoms with Gasteiger partial charge < -0.3 is 25.8 Å². The van der Waals surface area contributed by atoms with Gasteiger partial charge in [0.2, 0.25) is 0 Å². The van der Waals surface area contributed by atoms with Crippen LogP contribution in [0.4, 0.5) is 18.9 Å². The molecule has 8 nitrogen and oxygen atoms in total. The summed E-state index contributed by atoms with van der Waals surface area (Å²) in [5, 5.41) is 17.8. The van der Waals surface area contributed by atoms with Crippen molar-refractivity contribution in [2.24, 2.45) is 5.92 Å². The third-order valence-corrected chi connectivity index (χ3v) is 4.73. The first kappa shape index (κ1) is 21.5. The van der Waals surface area contributed by atoms with E-state index in [2.05, 4.69) is 15.0 Å². The molecule has 3 aliphatic rings. The number of rotatable bonds is 4. The molecular weight excluding hydrogens is 381 g/mol. The second-order valence-corrected chi connectivity index (χ2v) is 6.50. The van der Waals surface area contributed by atoms with Crippen molar-refractivity contribution in [3.63, 3.8) is 0 Å². The molecule has 0 saturated carbocycles. The number of nitrogen functional groups attached to an aromatic ring is 1. The third kappa shape index (κ3) is 5.59. The van der Waals surface area contributed by atoms with Crippen LogP contribution in [0.2, 0.25) is 0 Å². The van der Waals surface area contributed by atoms with Gasteiger partial charge in [0.05, 0.1) is 0 Å². The minimum atomic E-state index is -4.82. The molecule has 2 bridgehead atoms. The van der Waals surface area contributed by atoms with Gasteiger partial charge in [-0.25, -0.2) is 0 Å². The van der Waals surface area contributed by atoms with Crippen molar-refractivity contribution in [1.29, 1.82) is 5.41 Å². The predicted octanol–water partition coefficient (Wildman–Crippen LogP) is 1.45. The number of carboxylic acid groups (broad SMARTS) is 1. The predicted molar refractivity (Wildman–Crippen MR) is 94.2 cm³/mol. The first-order valence-corrected chi connectivity index (χ1v) is 8.50. The van der Waals surface area contributed by atoms with Crippen molar-refractivity contribution >= 4 is 23.8 Å². The molecule has 1 amide bonds. The minimum absolute atomic E-state index is 0.00981. The fourth-order valence-corrected chi connectivity index (χ4v) is 3.46. The lowest BCUT2D eigenvalue weighted by Gasteiger charge is -2.44. The maximum Gasteiger partial charge on any atom is 0.573 e. The molecular formula is C17H21F3N4O4. The van der Waals surface area contributed by atoms with E-state index < -0.39 is 18.0 Å². The number of hydrogen-bond donors (Lipinski definition) is 4. The van der Waals surface area contributed by atoms with Crippen LogP contribution in [0.5, 0.6) is 5.75 Å². The molecule has 5 N–H and O–H groups in total. The van der Waals surface area contributed by atoms with E-state index in [1.165, 1.54) is 6.07 Å². The minimum Gasteiger partial charge on any atom is -0.483 e. The van der Waals surface area contributed by atoms with Crippen molar-refractivity contribution in [2.75, 3.05) is 25.4 Å². The van der Waals surface area contributed by atoms with Crippen molar-refractivity contribution in [3.8, 4) is 5.75 Å². The van der Waals surface area contributed by atoms with Gasteiger partial charge in [0.15, 0.2) is 0 Å². The van der Waals surface area contributed by atoms with Crippen LogP contribution in [0.25, 0.3) is 0 Å². The van der Waals surface area contributed by atoms with Gasteiger partial charge in [0.1, 0.15) is 11.5 Å². The van der Waals surface area contributed by atoms with Crippen LogP contribution in [0.1, 0.15) is 18.4 Å².